The molecule has 0 spiro atoms. The fourth-order valence-corrected chi connectivity index (χ4v) is 2.66. The fraction of sp³-hybridized carbons (Fsp3) is 0.375. The van der Waals surface area contributed by atoms with Crippen molar-refractivity contribution in [3.8, 4) is 0 Å². The molecule has 0 aromatic heterocycles. The SMILES string of the molecule is CC1([N+](=O)[O-])C=CC=CC1C(=O)OC(=O)C1C=CC=CC1(C)[N+](=O)[O-]. The molecule has 9 heteroatoms. The Morgan fingerprint density at radius 3 is 1.52 bits per heavy atom. The highest BCUT2D eigenvalue weighted by atomic mass is 16.6. The van der Waals surface area contributed by atoms with E-state index in [0.717, 1.165) is 0 Å². The van der Waals surface area contributed by atoms with Gasteiger partial charge in [-0.05, 0) is 12.2 Å². The summed E-state index contributed by atoms with van der Waals surface area (Å²) in [5.74, 6) is -4.89. The van der Waals surface area contributed by atoms with Crippen molar-refractivity contribution in [2.45, 2.75) is 24.9 Å². The van der Waals surface area contributed by atoms with E-state index in [9.17, 15) is 29.8 Å². The lowest BCUT2D eigenvalue weighted by Crippen LogP contribution is -2.49. The molecule has 0 fully saturated rings. The van der Waals surface area contributed by atoms with E-state index in [1.54, 1.807) is 0 Å². The van der Waals surface area contributed by atoms with Crippen molar-refractivity contribution in [2.75, 3.05) is 0 Å². The number of nitrogens with zero attached hydrogens (tertiary/aromatic N) is 2. The van der Waals surface area contributed by atoms with Crippen LogP contribution in [0.5, 0.6) is 0 Å². The van der Waals surface area contributed by atoms with Gasteiger partial charge < -0.3 is 4.74 Å². The van der Waals surface area contributed by atoms with Gasteiger partial charge in [-0.3, -0.25) is 29.8 Å². The molecule has 0 bridgehead atoms. The van der Waals surface area contributed by atoms with Crippen LogP contribution in [0.2, 0.25) is 0 Å². The Morgan fingerprint density at radius 2 is 1.20 bits per heavy atom. The monoisotopic (exact) mass is 348 g/mol. The molecule has 132 valence electrons. The lowest BCUT2D eigenvalue weighted by Gasteiger charge is -2.27. The van der Waals surface area contributed by atoms with Gasteiger partial charge >= 0.3 is 11.9 Å². The van der Waals surface area contributed by atoms with E-state index in [-0.39, 0.29) is 0 Å². The first-order valence-electron chi connectivity index (χ1n) is 7.39. The zero-order valence-electron chi connectivity index (χ0n) is 13.5. The second kappa shape index (κ2) is 6.42. The zero-order valence-corrected chi connectivity index (χ0v) is 13.5. The number of rotatable bonds is 4. The molecule has 25 heavy (non-hydrogen) atoms. The summed E-state index contributed by atoms with van der Waals surface area (Å²) in [4.78, 5) is 45.9. The van der Waals surface area contributed by atoms with E-state index in [4.69, 9.17) is 4.74 Å². The van der Waals surface area contributed by atoms with Gasteiger partial charge in [-0.1, -0.05) is 36.5 Å². The molecule has 0 amide bonds. The van der Waals surface area contributed by atoms with Crippen molar-refractivity contribution in [2.24, 2.45) is 11.8 Å². The van der Waals surface area contributed by atoms with E-state index in [2.05, 4.69) is 0 Å². The van der Waals surface area contributed by atoms with Crippen molar-refractivity contribution >= 4 is 11.9 Å². The molecule has 0 saturated heterocycles. The highest BCUT2D eigenvalue weighted by Gasteiger charge is 2.52. The van der Waals surface area contributed by atoms with Crippen LogP contribution in [-0.4, -0.2) is 32.9 Å². The molecule has 0 aromatic carbocycles. The smallest absolute Gasteiger partial charge is 0.328 e. The number of hydrogen-bond donors (Lipinski definition) is 0. The quantitative estimate of drug-likeness (QED) is 0.326. The van der Waals surface area contributed by atoms with Crippen molar-refractivity contribution in [1.29, 1.82) is 0 Å². The molecule has 0 N–H and O–H groups in total. The van der Waals surface area contributed by atoms with Crippen LogP contribution in [-0.2, 0) is 14.3 Å². The van der Waals surface area contributed by atoms with E-state index >= 15 is 0 Å². The Bertz CT molecular complexity index is 690. The van der Waals surface area contributed by atoms with Gasteiger partial charge in [-0.25, -0.2) is 0 Å². The second-order valence-corrected chi connectivity index (χ2v) is 6.15. The topological polar surface area (TPSA) is 130 Å². The molecule has 0 radical (unpaired) electrons. The van der Waals surface area contributed by atoms with Gasteiger partial charge in [0, 0.05) is 23.7 Å². The minimum absolute atomic E-state index is 0.645. The predicted molar refractivity (Wildman–Crippen MR) is 85.4 cm³/mol. The first-order valence-corrected chi connectivity index (χ1v) is 7.39. The standard InChI is InChI=1S/C16H16N2O7/c1-15(17(21)22)9-5-3-7-11(15)13(19)25-14(20)12-8-4-6-10-16(12,2)18(23)24/h3-12H,1-2H3. The summed E-state index contributed by atoms with van der Waals surface area (Å²) < 4.78 is 4.76. The van der Waals surface area contributed by atoms with Crippen molar-refractivity contribution in [3.05, 3.63) is 68.8 Å². The normalized spacial score (nSPS) is 33.0. The van der Waals surface area contributed by atoms with Gasteiger partial charge in [0.25, 0.3) is 11.1 Å². The lowest BCUT2D eigenvalue weighted by molar-refractivity contribution is -0.556. The van der Waals surface area contributed by atoms with Gasteiger partial charge in [0.05, 0.1) is 0 Å². The number of esters is 2. The summed E-state index contributed by atoms with van der Waals surface area (Å²) in [6, 6.07) is 0. The van der Waals surface area contributed by atoms with E-state index in [0.29, 0.717) is 0 Å². The van der Waals surface area contributed by atoms with Crippen LogP contribution in [0.25, 0.3) is 0 Å². The van der Waals surface area contributed by atoms with Gasteiger partial charge in [-0.2, -0.15) is 0 Å². The minimum atomic E-state index is -1.76. The maximum Gasteiger partial charge on any atom is 0.328 e. The van der Waals surface area contributed by atoms with Crippen molar-refractivity contribution in [1.82, 2.24) is 0 Å². The molecule has 0 saturated carbocycles. The summed E-state index contributed by atoms with van der Waals surface area (Å²) in [6.45, 7) is 2.46. The molecule has 0 heterocycles. The number of allylic oxidation sites excluding steroid dienone is 4. The highest BCUT2D eigenvalue weighted by Crippen LogP contribution is 2.31. The number of hydrogen-bond acceptors (Lipinski definition) is 7. The van der Waals surface area contributed by atoms with Gasteiger partial charge in [0.15, 0.2) is 0 Å². The Balaban J connectivity index is 2.21. The van der Waals surface area contributed by atoms with Crippen LogP contribution in [0, 0.1) is 32.1 Å². The fourth-order valence-electron chi connectivity index (χ4n) is 2.66. The first-order chi connectivity index (χ1) is 11.6. The van der Waals surface area contributed by atoms with Crippen LogP contribution < -0.4 is 0 Å². The summed E-state index contributed by atoms with van der Waals surface area (Å²) in [6.07, 6.45) is 10.7. The number of carbonyl (C=O) groups is 2. The van der Waals surface area contributed by atoms with Crippen LogP contribution in [0.15, 0.2) is 48.6 Å². The Labute approximate surface area is 142 Å². The second-order valence-electron chi connectivity index (χ2n) is 6.15. The predicted octanol–water partition coefficient (Wildman–Crippen LogP) is 1.61. The molecular weight excluding hydrogens is 332 g/mol. The molecule has 2 aliphatic carbocycles. The van der Waals surface area contributed by atoms with Crippen molar-refractivity contribution in [3.63, 3.8) is 0 Å². The molecule has 9 nitrogen and oxygen atoms in total. The summed E-state index contributed by atoms with van der Waals surface area (Å²) in [5, 5.41) is 22.6. The van der Waals surface area contributed by atoms with Crippen LogP contribution in [0.4, 0.5) is 0 Å². The van der Waals surface area contributed by atoms with Crippen molar-refractivity contribution < 1.29 is 24.2 Å². The summed E-state index contributed by atoms with van der Waals surface area (Å²) >= 11 is 0. The van der Waals surface area contributed by atoms with E-state index < -0.39 is 44.7 Å². The third kappa shape index (κ3) is 3.12. The maximum atomic E-state index is 12.3. The molecule has 4 atom stereocenters. The van der Waals surface area contributed by atoms with Gasteiger partial charge in [-0.15, -0.1) is 0 Å². The van der Waals surface area contributed by atoms with E-state index in [1.807, 2.05) is 0 Å². The average molecular weight is 348 g/mol. The highest BCUT2D eigenvalue weighted by molar-refractivity contribution is 5.91. The van der Waals surface area contributed by atoms with Crippen LogP contribution in [0.1, 0.15) is 13.8 Å². The molecular formula is C16H16N2O7. The first kappa shape index (κ1) is 18.2. The molecule has 2 aliphatic rings. The lowest BCUT2D eigenvalue weighted by atomic mass is 9.81. The third-order valence-electron chi connectivity index (χ3n) is 4.45. The number of carbonyl (C=O) groups excluding carboxylic acids is 2. The van der Waals surface area contributed by atoms with Crippen LogP contribution in [0.3, 0.4) is 0 Å². The molecule has 0 aromatic rings. The zero-order chi connectivity index (χ0) is 18.8. The Hall–Kier alpha value is -3.10. The number of nitro groups is 2. The van der Waals surface area contributed by atoms with E-state index in [1.165, 1.54) is 62.5 Å². The largest absolute Gasteiger partial charge is 0.392 e. The minimum Gasteiger partial charge on any atom is -0.392 e. The number of ether oxygens (including phenoxy) is 1. The summed E-state index contributed by atoms with van der Waals surface area (Å²) in [5.41, 5.74) is -3.53. The maximum absolute atomic E-state index is 12.3. The molecule has 4 unspecified atom stereocenters. The summed E-state index contributed by atoms with van der Waals surface area (Å²) in [7, 11) is 0. The Morgan fingerprint density at radius 1 is 0.840 bits per heavy atom. The van der Waals surface area contributed by atoms with Crippen LogP contribution >= 0.6 is 0 Å². The van der Waals surface area contributed by atoms with Gasteiger partial charge in [0.1, 0.15) is 11.8 Å². The average Bonchev–Trinajstić information content (AvgIpc) is 2.55. The molecule has 0 aliphatic heterocycles. The van der Waals surface area contributed by atoms with Gasteiger partial charge in [0.2, 0.25) is 0 Å². The molecule has 2 rings (SSSR count). The Kier molecular flexibility index (Phi) is 4.69. The third-order valence-corrected chi connectivity index (χ3v) is 4.45.